The highest BCUT2D eigenvalue weighted by atomic mass is 19.1. The maximum absolute atomic E-state index is 13.9. The molecule has 0 saturated carbocycles. The van der Waals surface area contributed by atoms with E-state index in [0.29, 0.717) is 16.9 Å². The molecule has 27 heavy (non-hydrogen) atoms. The molecule has 2 N–H and O–H groups in total. The van der Waals surface area contributed by atoms with E-state index in [2.05, 4.69) is 15.3 Å². The Kier molecular flexibility index (Phi) is 4.24. The summed E-state index contributed by atoms with van der Waals surface area (Å²) in [5.74, 6) is -0.109. The molecule has 5 nitrogen and oxygen atoms in total. The second kappa shape index (κ2) is 6.72. The zero-order chi connectivity index (χ0) is 19.0. The fourth-order valence-electron chi connectivity index (χ4n) is 3.26. The molecule has 0 radical (unpaired) electrons. The predicted molar refractivity (Wildman–Crippen MR) is 102 cm³/mol. The van der Waals surface area contributed by atoms with Gasteiger partial charge in [0.05, 0.1) is 18.8 Å². The number of aryl methyl sites for hydroxylation is 1. The molecule has 0 saturated heterocycles. The van der Waals surface area contributed by atoms with Crippen molar-refractivity contribution in [3.05, 3.63) is 71.3 Å². The van der Waals surface area contributed by atoms with E-state index in [1.165, 1.54) is 13.2 Å². The molecular formula is C21H18FN3O2. The normalized spacial score (nSPS) is 11.1. The Labute approximate surface area is 155 Å². The highest BCUT2D eigenvalue weighted by Gasteiger charge is 2.12. The van der Waals surface area contributed by atoms with Crippen LogP contribution in [0.1, 0.15) is 21.5 Å². The number of carbonyl (C=O) groups is 1. The molecule has 0 aliphatic rings. The summed E-state index contributed by atoms with van der Waals surface area (Å²) < 4.78 is 19.0. The van der Waals surface area contributed by atoms with E-state index in [1.54, 1.807) is 30.5 Å². The first-order chi connectivity index (χ1) is 13.1. The summed E-state index contributed by atoms with van der Waals surface area (Å²) in [6, 6.07) is 9.93. The third kappa shape index (κ3) is 3.10. The lowest BCUT2D eigenvalue weighted by molar-refractivity contribution is 0.0950. The lowest BCUT2D eigenvalue weighted by atomic mass is 10.1. The van der Waals surface area contributed by atoms with E-state index in [4.69, 9.17) is 4.74 Å². The molecule has 0 bridgehead atoms. The molecule has 4 rings (SSSR count). The highest BCUT2D eigenvalue weighted by Crippen LogP contribution is 2.28. The first kappa shape index (κ1) is 17.0. The van der Waals surface area contributed by atoms with Crippen molar-refractivity contribution in [2.45, 2.75) is 13.5 Å². The van der Waals surface area contributed by atoms with Crippen LogP contribution >= 0.6 is 0 Å². The number of hydrogen-bond donors (Lipinski definition) is 2. The zero-order valence-corrected chi connectivity index (χ0v) is 15.0. The van der Waals surface area contributed by atoms with Gasteiger partial charge < -0.3 is 15.0 Å². The van der Waals surface area contributed by atoms with Crippen molar-refractivity contribution in [2.24, 2.45) is 0 Å². The van der Waals surface area contributed by atoms with Crippen LogP contribution in [0.2, 0.25) is 0 Å². The Morgan fingerprint density at radius 2 is 2.04 bits per heavy atom. The predicted octanol–water partition coefficient (Wildman–Crippen LogP) is 4.10. The first-order valence-electron chi connectivity index (χ1n) is 8.53. The molecule has 0 unspecified atom stereocenters. The summed E-state index contributed by atoms with van der Waals surface area (Å²) in [6.07, 6.45) is 3.59. The number of carbonyl (C=O) groups excluding carboxylic acids is 1. The van der Waals surface area contributed by atoms with Gasteiger partial charge in [0.15, 0.2) is 0 Å². The number of nitrogens with zero attached hydrogens (tertiary/aromatic N) is 1. The molecule has 0 spiro atoms. The number of ether oxygens (including phenoxy) is 1. The first-order valence-corrected chi connectivity index (χ1v) is 8.53. The minimum Gasteiger partial charge on any atom is -0.497 e. The Balaban J connectivity index is 1.60. The van der Waals surface area contributed by atoms with E-state index >= 15 is 0 Å². The Bertz CT molecular complexity index is 1170. The summed E-state index contributed by atoms with van der Waals surface area (Å²) in [4.78, 5) is 20.0. The zero-order valence-electron chi connectivity index (χ0n) is 15.0. The summed E-state index contributed by atoms with van der Waals surface area (Å²) in [6.45, 7) is 2.08. The number of hydrogen-bond acceptors (Lipinski definition) is 3. The van der Waals surface area contributed by atoms with Gasteiger partial charge in [-0.2, -0.15) is 0 Å². The topological polar surface area (TPSA) is 67.0 Å². The molecule has 4 aromatic rings. The number of nitrogens with one attached hydrogen (secondary N) is 2. The van der Waals surface area contributed by atoms with Gasteiger partial charge in [0, 0.05) is 40.2 Å². The number of aromatic nitrogens is 2. The van der Waals surface area contributed by atoms with Gasteiger partial charge in [-0.3, -0.25) is 9.78 Å². The number of H-pyrrole nitrogens is 1. The number of benzene rings is 2. The third-order valence-electron chi connectivity index (χ3n) is 4.65. The second-order valence-corrected chi connectivity index (χ2v) is 6.40. The van der Waals surface area contributed by atoms with Gasteiger partial charge in [0.25, 0.3) is 5.91 Å². The molecule has 0 aliphatic carbocycles. The van der Waals surface area contributed by atoms with E-state index in [1.807, 2.05) is 19.2 Å². The molecule has 2 aromatic carbocycles. The van der Waals surface area contributed by atoms with Crippen LogP contribution in [0, 0.1) is 12.7 Å². The van der Waals surface area contributed by atoms with Gasteiger partial charge in [-0.15, -0.1) is 0 Å². The Morgan fingerprint density at radius 3 is 2.85 bits per heavy atom. The molecule has 6 heteroatoms. The van der Waals surface area contributed by atoms with Gasteiger partial charge >= 0.3 is 0 Å². The Morgan fingerprint density at radius 1 is 1.19 bits per heavy atom. The average Bonchev–Trinajstić information content (AvgIpc) is 3.06. The number of pyridine rings is 1. The highest BCUT2D eigenvalue weighted by molar-refractivity contribution is 6.10. The van der Waals surface area contributed by atoms with Gasteiger partial charge in [0.2, 0.25) is 0 Å². The van der Waals surface area contributed by atoms with Gasteiger partial charge in [0.1, 0.15) is 11.6 Å². The van der Waals surface area contributed by atoms with Crippen molar-refractivity contribution in [1.82, 2.24) is 15.3 Å². The molecule has 1 amide bonds. The van der Waals surface area contributed by atoms with Crippen LogP contribution in [0.5, 0.6) is 5.75 Å². The van der Waals surface area contributed by atoms with Crippen LogP contribution < -0.4 is 10.1 Å². The molecular weight excluding hydrogens is 345 g/mol. The molecule has 2 heterocycles. The summed E-state index contributed by atoms with van der Waals surface area (Å²) in [7, 11) is 1.52. The van der Waals surface area contributed by atoms with E-state index in [-0.39, 0.29) is 18.3 Å². The molecule has 2 aromatic heterocycles. The Hall–Kier alpha value is -3.41. The summed E-state index contributed by atoms with van der Waals surface area (Å²) in [5.41, 5.74) is 3.74. The number of fused-ring (bicyclic) bond motifs is 3. The number of aromatic amines is 1. The summed E-state index contributed by atoms with van der Waals surface area (Å²) in [5, 5.41) is 4.90. The fraction of sp³-hybridized carbons (Fsp3) is 0.143. The van der Waals surface area contributed by atoms with Gasteiger partial charge in [-0.05, 0) is 42.8 Å². The fourth-order valence-corrected chi connectivity index (χ4v) is 3.26. The molecule has 0 aliphatic heterocycles. The van der Waals surface area contributed by atoms with Crippen LogP contribution in [0.4, 0.5) is 4.39 Å². The van der Waals surface area contributed by atoms with Crippen molar-refractivity contribution < 1.29 is 13.9 Å². The lowest BCUT2D eigenvalue weighted by Crippen LogP contribution is -2.23. The average molecular weight is 363 g/mol. The quantitative estimate of drug-likeness (QED) is 0.574. The van der Waals surface area contributed by atoms with E-state index in [9.17, 15) is 9.18 Å². The smallest absolute Gasteiger partial charge is 0.251 e. The number of rotatable bonds is 4. The molecule has 0 atom stereocenters. The van der Waals surface area contributed by atoms with Crippen molar-refractivity contribution in [2.75, 3.05) is 7.11 Å². The number of methoxy groups -OCH3 is 1. The van der Waals surface area contributed by atoms with Crippen LogP contribution in [-0.2, 0) is 6.54 Å². The van der Waals surface area contributed by atoms with Crippen molar-refractivity contribution in [1.29, 1.82) is 0 Å². The van der Waals surface area contributed by atoms with Crippen molar-refractivity contribution in [3.63, 3.8) is 0 Å². The SMILES string of the molecule is COc1ccc(F)c(CNC(=O)c2ccc3c(c2)[nH]c2cncc(C)c23)c1. The second-order valence-electron chi connectivity index (χ2n) is 6.40. The largest absolute Gasteiger partial charge is 0.497 e. The monoisotopic (exact) mass is 363 g/mol. The van der Waals surface area contributed by atoms with Crippen LogP contribution in [-0.4, -0.2) is 23.0 Å². The van der Waals surface area contributed by atoms with Crippen LogP contribution in [0.15, 0.2) is 48.8 Å². The van der Waals surface area contributed by atoms with Gasteiger partial charge in [-0.1, -0.05) is 6.07 Å². The third-order valence-corrected chi connectivity index (χ3v) is 4.65. The van der Waals surface area contributed by atoms with Crippen LogP contribution in [0.25, 0.3) is 21.8 Å². The van der Waals surface area contributed by atoms with Crippen molar-refractivity contribution >= 4 is 27.7 Å². The minimum atomic E-state index is -0.384. The van der Waals surface area contributed by atoms with Crippen LogP contribution in [0.3, 0.4) is 0 Å². The molecule has 0 fully saturated rings. The van der Waals surface area contributed by atoms with Gasteiger partial charge in [-0.25, -0.2) is 4.39 Å². The summed E-state index contributed by atoms with van der Waals surface area (Å²) >= 11 is 0. The van der Waals surface area contributed by atoms with E-state index < -0.39 is 0 Å². The number of amides is 1. The molecule has 136 valence electrons. The lowest BCUT2D eigenvalue weighted by Gasteiger charge is -2.08. The number of halogens is 1. The van der Waals surface area contributed by atoms with Crippen molar-refractivity contribution in [3.8, 4) is 5.75 Å². The van der Waals surface area contributed by atoms with E-state index in [0.717, 1.165) is 27.4 Å². The standard InChI is InChI=1S/C21H18FN3O2/c1-12-9-23-11-19-20(12)16-5-3-13(8-18(16)25-19)21(26)24-10-14-7-15(27-2)4-6-17(14)22/h3-9,11,25H,10H2,1-2H3,(H,24,26). The minimum absolute atomic E-state index is 0.0790. The maximum Gasteiger partial charge on any atom is 0.251 e. The maximum atomic E-state index is 13.9.